The summed E-state index contributed by atoms with van der Waals surface area (Å²) in [4.78, 5) is 12.3. The van der Waals surface area contributed by atoms with E-state index in [2.05, 4.69) is 10.0 Å². The van der Waals surface area contributed by atoms with Crippen LogP contribution in [0.3, 0.4) is 0 Å². The van der Waals surface area contributed by atoms with E-state index in [4.69, 9.17) is 0 Å². The van der Waals surface area contributed by atoms with Crippen LogP contribution in [-0.2, 0) is 27.7 Å². The zero-order valence-corrected chi connectivity index (χ0v) is 14.1. The molecule has 0 saturated heterocycles. The van der Waals surface area contributed by atoms with Gasteiger partial charge in [0.15, 0.2) is 0 Å². The highest BCUT2D eigenvalue weighted by molar-refractivity contribution is 7.94. The molecule has 0 bridgehead atoms. The van der Waals surface area contributed by atoms with Crippen molar-refractivity contribution in [1.82, 2.24) is 5.32 Å². The SMILES string of the molecule is CCc1ccc(S(=O)(=O)Nc2ccc(CC(=O)NC)cc2)s1. The number of thiophene rings is 1. The van der Waals surface area contributed by atoms with Crippen LogP contribution in [0.15, 0.2) is 40.6 Å². The Balaban J connectivity index is 2.11. The zero-order valence-electron chi connectivity index (χ0n) is 12.4. The molecule has 22 heavy (non-hydrogen) atoms. The van der Waals surface area contributed by atoms with Crippen molar-refractivity contribution in [2.45, 2.75) is 24.0 Å². The Morgan fingerprint density at radius 2 is 1.82 bits per heavy atom. The van der Waals surface area contributed by atoms with Gasteiger partial charge in [-0.1, -0.05) is 19.1 Å². The fourth-order valence-electron chi connectivity index (χ4n) is 1.86. The first kappa shape index (κ1) is 16.5. The standard InChI is InChI=1S/C15H18N2O3S2/c1-3-13-8-9-15(21-13)22(19,20)17-12-6-4-11(5-7-12)10-14(18)16-2/h4-9,17H,3,10H2,1-2H3,(H,16,18). The largest absolute Gasteiger partial charge is 0.359 e. The average molecular weight is 338 g/mol. The second-order valence-corrected chi connectivity index (χ2v) is 7.80. The lowest BCUT2D eigenvalue weighted by Gasteiger charge is -2.07. The molecule has 0 aliphatic carbocycles. The number of amides is 1. The van der Waals surface area contributed by atoms with Gasteiger partial charge in [0.2, 0.25) is 5.91 Å². The van der Waals surface area contributed by atoms with E-state index in [-0.39, 0.29) is 12.3 Å². The van der Waals surface area contributed by atoms with Crippen molar-refractivity contribution in [2.24, 2.45) is 0 Å². The quantitative estimate of drug-likeness (QED) is 0.849. The fourth-order valence-corrected chi connectivity index (χ4v) is 4.22. The normalized spacial score (nSPS) is 11.2. The van der Waals surface area contributed by atoms with E-state index in [1.54, 1.807) is 37.4 Å². The van der Waals surface area contributed by atoms with Crippen molar-refractivity contribution < 1.29 is 13.2 Å². The molecule has 0 unspecified atom stereocenters. The monoisotopic (exact) mass is 338 g/mol. The van der Waals surface area contributed by atoms with E-state index in [1.165, 1.54) is 11.3 Å². The van der Waals surface area contributed by atoms with Crippen molar-refractivity contribution in [2.75, 3.05) is 11.8 Å². The molecule has 2 aromatic rings. The average Bonchev–Trinajstić information content (AvgIpc) is 2.99. The van der Waals surface area contributed by atoms with Crippen LogP contribution in [0.5, 0.6) is 0 Å². The highest BCUT2D eigenvalue weighted by Gasteiger charge is 2.16. The number of hydrogen-bond acceptors (Lipinski definition) is 4. The number of benzene rings is 1. The summed E-state index contributed by atoms with van der Waals surface area (Å²) >= 11 is 1.27. The molecule has 0 aliphatic rings. The predicted octanol–water partition coefficient (Wildman–Crippen LogP) is 2.40. The van der Waals surface area contributed by atoms with Gasteiger partial charge in [0.05, 0.1) is 6.42 Å². The maximum Gasteiger partial charge on any atom is 0.271 e. The smallest absolute Gasteiger partial charge is 0.271 e. The van der Waals surface area contributed by atoms with Crippen LogP contribution in [0.2, 0.25) is 0 Å². The number of aryl methyl sites for hydroxylation is 1. The lowest BCUT2D eigenvalue weighted by molar-refractivity contribution is -0.119. The molecule has 5 nitrogen and oxygen atoms in total. The molecule has 0 saturated carbocycles. The number of carbonyl (C=O) groups excluding carboxylic acids is 1. The van der Waals surface area contributed by atoms with Crippen molar-refractivity contribution in [3.05, 3.63) is 46.8 Å². The van der Waals surface area contributed by atoms with Crippen molar-refractivity contribution in [3.63, 3.8) is 0 Å². The molecule has 118 valence electrons. The summed E-state index contributed by atoms with van der Waals surface area (Å²) in [7, 11) is -1.97. The van der Waals surface area contributed by atoms with Crippen LogP contribution < -0.4 is 10.0 Å². The second kappa shape index (κ2) is 6.93. The Bertz CT molecular complexity index is 749. The van der Waals surface area contributed by atoms with Gasteiger partial charge in [-0.05, 0) is 36.2 Å². The maximum atomic E-state index is 12.3. The van der Waals surface area contributed by atoms with Crippen LogP contribution in [0.1, 0.15) is 17.4 Å². The molecule has 0 atom stereocenters. The van der Waals surface area contributed by atoms with Crippen LogP contribution in [0, 0.1) is 0 Å². The van der Waals surface area contributed by atoms with Crippen molar-refractivity contribution in [3.8, 4) is 0 Å². The second-order valence-electron chi connectivity index (χ2n) is 4.73. The summed E-state index contributed by atoms with van der Waals surface area (Å²) in [5.74, 6) is -0.0842. The summed E-state index contributed by atoms with van der Waals surface area (Å²) in [5.41, 5.74) is 1.30. The van der Waals surface area contributed by atoms with Crippen molar-refractivity contribution >= 4 is 33.0 Å². The number of sulfonamides is 1. The van der Waals surface area contributed by atoms with Gasteiger partial charge >= 0.3 is 0 Å². The minimum Gasteiger partial charge on any atom is -0.359 e. The van der Waals surface area contributed by atoms with Gasteiger partial charge in [0, 0.05) is 17.6 Å². The van der Waals surface area contributed by atoms with Crippen LogP contribution >= 0.6 is 11.3 Å². The Morgan fingerprint density at radius 1 is 1.14 bits per heavy atom. The molecule has 1 amide bonds. The number of carbonyl (C=O) groups is 1. The molecule has 1 aromatic heterocycles. The summed E-state index contributed by atoms with van der Waals surface area (Å²) in [6.45, 7) is 1.99. The lowest BCUT2D eigenvalue weighted by atomic mass is 10.1. The number of likely N-dealkylation sites (N-methyl/N-ethyl adjacent to an activating group) is 1. The molecular weight excluding hydrogens is 320 g/mol. The molecule has 0 spiro atoms. The molecule has 0 aliphatic heterocycles. The Labute approximate surface area is 134 Å². The number of anilines is 1. The van der Waals surface area contributed by atoms with E-state index in [1.807, 2.05) is 13.0 Å². The minimum absolute atomic E-state index is 0.0842. The third-order valence-corrected chi connectivity index (χ3v) is 6.20. The van der Waals surface area contributed by atoms with E-state index in [0.717, 1.165) is 16.9 Å². The number of hydrogen-bond donors (Lipinski definition) is 2. The molecule has 2 rings (SSSR count). The van der Waals surface area contributed by atoms with Gasteiger partial charge in [-0.15, -0.1) is 11.3 Å². The Kier molecular flexibility index (Phi) is 5.20. The fraction of sp³-hybridized carbons (Fsp3) is 0.267. The first-order valence-electron chi connectivity index (χ1n) is 6.85. The highest BCUT2D eigenvalue weighted by Crippen LogP contribution is 2.24. The maximum absolute atomic E-state index is 12.3. The minimum atomic E-state index is -3.55. The van der Waals surface area contributed by atoms with Crippen LogP contribution in [-0.4, -0.2) is 21.4 Å². The summed E-state index contributed by atoms with van der Waals surface area (Å²) in [5, 5.41) is 2.55. The van der Waals surface area contributed by atoms with Gasteiger partial charge in [-0.25, -0.2) is 8.42 Å². The van der Waals surface area contributed by atoms with E-state index < -0.39 is 10.0 Å². The first-order valence-corrected chi connectivity index (χ1v) is 9.15. The lowest BCUT2D eigenvalue weighted by Crippen LogP contribution is -2.19. The molecule has 2 N–H and O–H groups in total. The van der Waals surface area contributed by atoms with Crippen LogP contribution in [0.25, 0.3) is 0 Å². The Hall–Kier alpha value is -1.86. The summed E-state index contributed by atoms with van der Waals surface area (Å²) in [6.07, 6.45) is 1.09. The highest BCUT2D eigenvalue weighted by atomic mass is 32.2. The topological polar surface area (TPSA) is 75.3 Å². The van der Waals surface area contributed by atoms with Gasteiger partial charge in [-0.3, -0.25) is 9.52 Å². The van der Waals surface area contributed by atoms with E-state index >= 15 is 0 Å². The zero-order chi connectivity index (χ0) is 16.2. The number of rotatable bonds is 6. The molecule has 0 radical (unpaired) electrons. The number of nitrogens with one attached hydrogen (secondary N) is 2. The van der Waals surface area contributed by atoms with Gasteiger partial charge in [0.1, 0.15) is 4.21 Å². The molecule has 7 heteroatoms. The van der Waals surface area contributed by atoms with Gasteiger partial charge in [-0.2, -0.15) is 0 Å². The third-order valence-electron chi connectivity index (χ3n) is 3.10. The summed E-state index contributed by atoms with van der Waals surface area (Å²) < 4.78 is 27.4. The summed E-state index contributed by atoms with van der Waals surface area (Å²) in [6, 6.07) is 10.2. The van der Waals surface area contributed by atoms with E-state index in [9.17, 15) is 13.2 Å². The van der Waals surface area contributed by atoms with Crippen molar-refractivity contribution in [1.29, 1.82) is 0 Å². The van der Waals surface area contributed by atoms with Gasteiger partial charge < -0.3 is 5.32 Å². The first-order chi connectivity index (χ1) is 10.4. The van der Waals surface area contributed by atoms with Gasteiger partial charge in [0.25, 0.3) is 10.0 Å². The Morgan fingerprint density at radius 3 is 2.36 bits per heavy atom. The molecule has 1 heterocycles. The molecule has 0 fully saturated rings. The molecule has 1 aromatic carbocycles. The van der Waals surface area contributed by atoms with Crippen LogP contribution in [0.4, 0.5) is 5.69 Å². The molecular formula is C15H18N2O3S2. The predicted molar refractivity (Wildman–Crippen MR) is 88.7 cm³/mol. The van der Waals surface area contributed by atoms with E-state index in [0.29, 0.717) is 9.90 Å². The third kappa shape index (κ3) is 4.08.